The van der Waals surface area contributed by atoms with E-state index >= 15 is 0 Å². The lowest BCUT2D eigenvalue weighted by molar-refractivity contribution is 0.0240. The fourth-order valence-corrected chi connectivity index (χ4v) is 6.70. The molecule has 2 aliphatic rings. The van der Waals surface area contributed by atoms with Crippen molar-refractivity contribution in [2.45, 2.75) is 56.1 Å². The number of carbonyl (C=O) groups is 1. The van der Waals surface area contributed by atoms with Gasteiger partial charge in [-0.25, -0.2) is 36.1 Å². The molecular weight excluding hydrogens is 595 g/mol. The minimum atomic E-state index is -4.21. The molecule has 2 fully saturated rings. The van der Waals surface area contributed by atoms with Gasteiger partial charge in [0, 0.05) is 32.4 Å². The summed E-state index contributed by atoms with van der Waals surface area (Å²) in [5.74, 6) is 0.0294. The number of hydrogen-bond acceptors (Lipinski definition) is 9. The number of amides is 1. The number of sulfonamides is 1. The Kier molecular flexibility index (Phi) is 7.42. The maximum absolute atomic E-state index is 13.6. The number of carbonyl (C=O) groups excluding carboxylic acids is 1. The number of fused-ring (bicyclic) bond motifs is 1. The number of rotatable bonds is 7. The number of hydrogen-bond donors (Lipinski definition) is 1. The SMILES string of the molecule is CC(C)(C)OC(=O)N1CCN(c2cc(S(=O)(=O)NC3(CF)CC3)cn3c(-c4nnc(C(F)F)s4)nc(Cl)c23)CC1. The monoisotopic (exact) mass is 621 g/mol. The number of ether oxygens (including phenoxy) is 1. The molecule has 1 saturated heterocycles. The number of pyridine rings is 1. The van der Waals surface area contributed by atoms with Crippen LogP contribution in [0.5, 0.6) is 0 Å². The lowest BCUT2D eigenvalue weighted by atomic mass is 10.2. The van der Waals surface area contributed by atoms with Crippen LogP contribution < -0.4 is 9.62 Å². The van der Waals surface area contributed by atoms with Crippen LogP contribution in [0.15, 0.2) is 17.2 Å². The predicted molar refractivity (Wildman–Crippen MR) is 142 cm³/mol. The van der Waals surface area contributed by atoms with Crippen LogP contribution in [0.25, 0.3) is 16.3 Å². The van der Waals surface area contributed by atoms with Crippen LogP contribution in [-0.4, -0.2) is 83.0 Å². The van der Waals surface area contributed by atoms with Gasteiger partial charge in [0.1, 0.15) is 22.7 Å². The Labute approximate surface area is 237 Å². The number of nitrogens with zero attached hydrogens (tertiary/aromatic N) is 6. The summed E-state index contributed by atoms with van der Waals surface area (Å²) in [5, 5.41) is 6.79. The molecule has 1 saturated carbocycles. The Morgan fingerprint density at radius 2 is 1.90 bits per heavy atom. The van der Waals surface area contributed by atoms with Crippen LogP contribution in [0.1, 0.15) is 45.0 Å². The Hall–Kier alpha value is -2.69. The maximum Gasteiger partial charge on any atom is 0.410 e. The van der Waals surface area contributed by atoms with E-state index in [1.54, 1.807) is 25.7 Å². The first-order valence-electron chi connectivity index (χ1n) is 12.4. The standard InChI is InChI=1S/C23H27ClF3N7O4S2/c1-22(2,3)38-21(35)33-8-6-32(7-9-33)14-10-13(40(36,37)31-23(12-25)4-5-23)11-34-15(14)16(24)28-18(34)20-30-29-19(39-20)17(26)27/h10-11,17,31H,4-9,12H2,1-3H3. The van der Waals surface area contributed by atoms with E-state index in [-0.39, 0.29) is 34.0 Å². The average Bonchev–Trinajstić information content (AvgIpc) is 3.31. The zero-order valence-electron chi connectivity index (χ0n) is 21.8. The summed E-state index contributed by atoms with van der Waals surface area (Å²) in [4.78, 5) is 20.1. The van der Waals surface area contributed by atoms with E-state index < -0.39 is 45.4 Å². The van der Waals surface area contributed by atoms with Gasteiger partial charge < -0.3 is 14.5 Å². The number of nitrogens with one attached hydrogen (secondary N) is 1. The highest BCUT2D eigenvalue weighted by atomic mass is 35.5. The molecule has 17 heteroatoms. The predicted octanol–water partition coefficient (Wildman–Crippen LogP) is 4.28. The molecule has 0 bridgehead atoms. The van der Waals surface area contributed by atoms with Crippen LogP contribution in [0.4, 0.5) is 23.7 Å². The van der Waals surface area contributed by atoms with Crippen molar-refractivity contribution in [1.82, 2.24) is 29.2 Å². The molecule has 3 aromatic rings. The third-order valence-electron chi connectivity index (χ3n) is 6.51. The molecule has 0 atom stereocenters. The molecule has 5 rings (SSSR count). The highest BCUT2D eigenvalue weighted by Crippen LogP contribution is 2.40. The molecule has 1 N–H and O–H groups in total. The number of halogens is 4. The lowest BCUT2D eigenvalue weighted by Crippen LogP contribution is -2.50. The normalized spacial score (nSPS) is 17.6. The first-order chi connectivity index (χ1) is 18.7. The third-order valence-corrected chi connectivity index (χ3v) is 9.24. The molecule has 0 aromatic carbocycles. The van der Waals surface area contributed by atoms with Crippen molar-refractivity contribution in [1.29, 1.82) is 0 Å². The summed E-state index contributed by atoms with van der Waals surface area (Å²) >= 11 is 7.14. The van der Waals surface area contributed by atoms with Crippen molar-refractivity contribution in [3.63, 3.8) is 0 Å². The van der Waals surface area contributed by atoms with Gasteiger partial charge in [-0.15, -0.1) is 10.2 Å². The van der Waals surface area contributed by atoms with Crippen molar-refractivity contribution >= 4 is 50.3 Å². The fraction of sp³-hybridized carbons (Fsp3) is 0.565. The van der Waals surface area contributed by atoms with Crippen molar-refractivity contribution in [2.24, 2.45) is 0 Å². The molecule has 0 spiro atoms. The second-order valence-corrected chi connectivity index (χ2v) is 13.8. The summed E-state index contributed by atoms with van der Waals surface area (Å²) in [6, 6.07) is 1.41. The smallest absolute Gasteiger partial charge is 0.410 e. The molecule has 1 aliphatic carbocycles. The minimum absolute atomic E-state index is 0.00676. The number of piperazine rings is 1. The topological polar surface area (TPSA) is 122 Å². The van der Waals surface area contributed by atoms with E-state index in [1.807, 2.05) is 4.90 Å². The van der Waals surface area contributed by atoms with E-state index in [9.17, 15) is 26.4 Å². The first kappa shape index (κ1) is 28.8. The minimum Gasteiger partial charge on any atom is -0.444 e. The Morgan fingerprint density at radius 1 is 1.23 bits per heavy atom. The van der Waals surface area contributed by atoms with E-state index in [1.165, 1.54) is 16.7 Å². The zero-order chi connectivity index (χ0) is 29.0. The van der Waals surface area contributed by atoms with E-state index in [4.69, 9.17) is 16.3 Å². The quantitative estimate of drug-likeness (QED) is 0.415. The van der Waals surface area contributed by atoms with E-state index in [0.29, 0.717) is 48.5 Å². The average molecular weight is 622 g/mol. The second kappa shape index (κ2) is 10.3. The largest absolute Gasteiger partial charge is 0.444 e. The van der Waals surface area contributed by atoms with Crippen LogP contribution in [-0.2, 0) is 14.8 Å². The second-order valence-electron chi connectivity index (χ2n) is 10.7. The molecule has 4 heterocycles. The molecule has 1 amide bonds. The molecule has 1 aliphatic heterocycles. The van der Waals surface area contributed by atoms with Gasteiger partial charge in [0.05, 0.1) is 11.2 Å². The van der Waals surface area contributed by atoms with Gasteiger partial charge in [-0.1, -0.05) is 22.9 Å². The number of aromatic nitrogens is 4. The van der Waals surface area contributed by atoms with Crippen LogP contribution in [0, 0.1) is 0 Å². The summed E-state index contributed by atoms with van der Waals surface area (Å²) in [7, 11) is -4.21. The zero-order valence-corrected chi connectivity index (χ0v) is 24.2. The van der Waals surface area contributed by atoms with E-state index in [0.717, 1.165) is 0 Å². The fourth-order valence-electron chi connectivity index (χ4n) is 4.29. The molecule has 0 unspecified atom stereocenters. The van der Waals surface area contributed by atoms with Crippen molar-refractivity contribution in [3.8, 4) is 10.8 Å². The number of anilines is 1. The van der Waals surface area contributed by atoms with Gasteiger partial charge in [0.15, 0.2) is 21.0 Å². The molecule has 11 nitrogen and oxygen atoms in total. The maximum atomic E-state index is 13.6. The summed E-state index contributed by atoms with van der Waals surface area (Å²) < 4.78 is 76.1. The van der Waals surface area contributed by atoms with Crippen molar-refractivity contribution in [2.75, 3.05) is 37.8 Å². The van der Waals surface area contributed by atoms with Crippen LogP contribution >= 0.6 is 22.9 Å². The first-order valence-corrected chi connectivity index (χ1v) is 15.1. The Balaban J connectivity index is 1.56. The summed E-state index contributed by atoms with van der Waals surface area (Å²) in [5.41, 5.74) is -1.10. The van der Waals surface area contributed by atoms with Gasteiger partial charge in [0.2, 0.25) is 10.0 Å². The summed E-state index contributed by atoms with van der Waals surface area (Å²) in [6.07, 6.45) is -1.32. The van der Waals surface area contributed by atoms with Gasteiger partial charge >= 0.3 is 6.09 Å². The highest BCUT2D eigenvalue weighted by Gasteiger charge is 2.46. The number of imidazole rings is 1. The summed E-state index contributed by atoms with van der Waals surface area (Å²) in [6.45, 7) is 5.66. The van der Waals surface area contributed by atoms with Gasteiger partial charge in [0.25, 0.3) is 6.43 Å². The van der Waals surface area contributed by atoms with Crippen molar-refractivity contribution in [3.05, 3.63) is 22.4 Å². The molecule has 0 radical (unpaired) electrons. The molecule has 3 aromatic heterocycles. The van der Waals surface area contributed by atoms with Crippen LogP contribution in [0.3, 0.4) is 0 Å². The molecule has 40 heavy (non-hydrogen) atoms. The van der Waals surface area contributed by atoms with Crippen LogP contribution in [0.2, 0.25) is 5.15 Å². The third kappa shape index (κ3) is 5.71. The van der Waals surface area contributed by atoms with Crippen molar-refractivity contribution < 1.29 is 31.1 Å². The number of alkyl halides is 3. The lowest BCUT2D eigenvalue weighted by Gasteiger charge is -2.37. The van der Waals surface area contributed by atoms with Gasteiger partial charge in [-0.3, -0.25) is 4.40 Å². The van der Waals surface area contributed by atoms with E-state index in [2.05, 4.69) is 19.9 Å². The Bertz CT molecular complexity index is 1550. The highest BCUT2D eigenvalue weighted by molar-refractivity contribution is 7.89. The molecular formula is C23H27ClF3N7O4S2. The van der Waals surface area contributed by atoms with Gasteiger partial charge in [-0.05, 0) is 39.7 Å². The Morgan fingerprint density at radius 3 is 2.45 bits per heavy atom. The van der Waals surface area contributed by atoms with Gasteiger partial charge in [-0.2, -0.15) is 0 Å². The molecule has 218 valence electrons.